The van der Waals surface area contributed by atoms with Crippen LogP contribution in [0.3, 0.4) is 0 Å². The van der Waals surface area contributed by atoms with Gasteiger partial charge in [-0.05, 0) is 18.9 Å². The van der Waals surface area contributed by atoms with Gasteiger partial charge in [-0.25, -0.2) is 5.84 Å². The van der Waals surface area contributed by atoms with Crippen molar-refractivity contribution in [2.45, 2.75) is 18.3 Å². The van der Waals surface area contributed by atoms with Crippen LogP contribution in [0.1, 0.15) is 18.4 Å². The summed E-state index contributed by atoms with van der Waals surface area (Å²) in [6.07, 6.45) is 3.34. The van der Waals surface area contributed by atoms with E-state index in [-0.39, 0.29) is 5.91 Å². The smallest absolute Gasteiger partial charge is 0.244 e. The van der Waals surface area contributed by atoms with Crippen LogP contribution in [0, 0.1) is 0 Å². The van der Waals surface area contributed by atoms with E-state index < -0.39 is 5.41 Å². The van der Waals surface area contributed by atoms with Crippen molar-refractivity contribution in [3.8, 4) is 0 Å². The number of fused-ring (bicyclic) bond motifs is 1. The molecule has 3 N–H and O–H groups in total. The largest absolute Gasteiger partial charge is 0.464 e. The van der Waals surface area contributed by atoms with Crippen molar-refractivity contribution in [2.24, 2.45) is 5.84 Å². The number of hydrogen-bond acceptors (Lipinski definition) is 3. The zero-order chi connectivity index (χ0) is 11.2. The van der Waals surface area contributed by atoms with Crippen LogP contribution in [0.4, 0.5) is 0 Å². The van der Waals surface area contributed by atoms with Gasteiger partial charge in [-0.3, -0.25) is 10.2 Å². The predicted octanol–water partition coefficient (Wildman–Crippen LogP) is 1.45. The van der Waals surface area contributed by atoms with Crippen LogP contribution in [-0.4, -0.2) is 5.91 Å². The summed E-state index contributed by atoms with van der Waals surface area (Å²) in [6, 6.07) is 7.73. The molecule has 3 rings (SSSR count). The van der Waals surface area contributed by atoms with Crippen molar-refractivity contribution < 1.29 is 9.21 Å². The summed E-state index contributed by atoms with van der Waals surface area (Å²) >= 11 is 0. The topological polar surface area (TPSA) is 68.3 Å². The Morgan fingerprint density at radius 2 is 2.12 bits per heavy atom. The summed E-state index contributed by atoms with van der Waals surface area (Å²) in [6.45, 7) is 0. The summed E-state index contributed by atoms with van der Waals surface area (Å²) in [7, 11) is 0. The van der Waals surface area contributed by atoms with E-state index in [1.165, 1.54) is 0 Å². The number of hydrazine groups is 1. The first kappa shape index (κ1) is 9.42. The van der Waals surface area contributed by atoms with Crippen molar-refractivity contribution in [3.63, 3.8) is 0 Å². The Hall–Kier alpha value is -1.81. The van der Waals surface area contributed by atoms with Gasteiger partial charge >= 0.3 is 0 Å². The quantitative estimate of drug-likeness (QED) is 0.453. The molecule has 1 aromatic carbocycles. The maximum absolute atomic E-state index is 11.8. The second-order valence-corrected chi connectivity index (χ2v) is 4.20. The van der Waals surface area contributed by atoms with Crippen molar-refractivity contribution >= 4 is 16.9 Å². The molecule has 0 atom stereocenters. The van der Waals surface area contributed by atoms with Crippen molar-refractivity contribution in [1.29, 1.82) is 0 Å². The normalized spacial score (nSPS) is 17.3. The Morgan fingerprint density at radius 3 is 2.81 bits per heavy atom. The minimum atomic E-state index is -0.457. The molecule has 1 fully saturated rings. The van der Waals surface area contributed by atoms with Crippen LogP contribution >= 0.6 is 0 Å². The molecular formula is C12H12N2O2. The van der Waals surface area contributed by atoms with Crippen LogP contribution in [0.5, 0.6) is 0 Å². The molecule has 1 aromatic heterocycles. The van der Waals surface area contributed by atoms with Crippen LogP contribution in [-0.2, 0) is 10.2 Å². The number of benzene rings is 1. The maximum Gasteiger partial charge on any atom is 0.244 e. The molecule has 2 aromatic rings. The lowest BCUT2D eigenvalue weighted by molar-refractivity contribution is -0.123. The number of furan rings is 1. The zero-order valence-corrected chi connectivity index (χ0v) is 8.69. The molecule has 0 bridgehead atoms. The van der Waals surface area contributed by atoms with E-state index in [2.05, 4.69) is 5.43 Å². The minimum Gasteiger partial charge on any atom is -0.464 e. The molecule has 82 valence electrons. The summed E-state index contributed by atoms with van der Waals surface area (Å²) in [4.78, 5) is 11.8. The Kier molecular flexibility index (Phi) is 1.82. The number of amides is 1. The average Bonchev–Trinajstić information content (AvgIpc) is 3.02. The van der Waals surface area contributed by atoms with Gasteiger partial charge in [-0.1, -0.05) is 18.2 Å². The lowest BCUT2D eigenvalue weighted by atomic mass is 9.95. The van der Waals surface area contributed by atoms with Gasteiger partial charge < -0.3 is 4.42 Å². The van der Waals surface area contributed by atoms with Crippen molar-refractivity contribution in [2.75, 3.05) is 0 Å². The van der Waals surface area contributed by atoms with Crippen molar-refractivity contribution in [1.82, 2.24) is 5.43 Å². The molecular weight excluding hydrogens is 204 g/mol. The first-order valence-corrected chi connectivity index (χ1v) is 5.26. The van der Waals surface area contributed by atoms with E-state index in [0.717, 1.165) is 29.4 Å². The van der Waals surface area contributed by atoms with E-state index in [4.69, 9.17) is 10.3 Å². The van der Waals surface area contributed by atoms with Crippen LogP contribution in [0.25, 0.3) is 11.0 Å². The number of carbonyl (C=O) groups is 1. The fourth-order valence-electron chi connectivity index (χ4n) is 2.23. The monoisotopic (exact) mass is 216 g/mol. The van der Waals surface area contributed by atoms with E-state index in [0.29, 0.717) is 0 Å². The first-order valence-electron chi connectivity index (χ1n) is 5.26. The number of nitrogens with two attached hydrogens (primary N) is 1. The number of rotatable bonds is 2. The molecule has 1 heterocycles. The third-order valence-electron chi connectivity index (χ3n) is 3.31. The van der Waals surface area contributed by atoms with Gasteiger partial charge in [0.1, 0.15) is 5.58 Å². The van der Waals surface area contributed by atoms with Crippen LogP contribution < -0.4 is 11.3 Å². The molecule has 0 saturated heterocycles. The number of hydrogen-bond donors (Lipinski definition) is 2. The highest BCUT2D eigenvalue weighted by Gasteiger charge is 2.52. The van der Waals surface area contributed by atoms with Gasteiger partial charge in [-0.15, -0.1) is 0 Å². The molecule has 1 amide bonds. The van der Waals surface area contributed by atoms with E-state index >= 15 is 0 Å². The summed E-state index contributed by atoms with van der Waals surface area (Å²) in [5, 5.41) is 1.00. The standard InChI is InChI=1S/C12H12N2O2/c13-14-11(15)12(5-6-12)9-7-16-10-4-2-1-3-8(9)10/h1-4,7H,5-6,13H2,(H,14,15). The molecule has 4 nitrogen and oxygen atoms in total. The Labute approximate surface area is 92.4 Å². The molecule has 0 unspecified atom stereocenters. The second-order valence-electron chi connectivity index (χ2n) is 4.20. The third-order valence-corrected chi connectivity index (χ3v) is 3.31. The van der Waals surface area contributed by atoms with Crippen LogP contribution in [0.2, 0.25) is 0 Å². The van der Waals surface area contributed by atoms with Gasteiger partial charge in [-0.2, -0.15) is 0 Å². The third kappa shape index (κ3) is 1.10. The predicted molar refractivity (Wildman–Crippen MR) is 59.5 cm³/mol. The number of nitrogens with one attached hydrogen (secondary N) is 1. The molecule has 0 spiro atoms. The molecule has 16 heavy (non-hydrogen) atoms. The lowest BCUT2D eigenvalue weighted by Crippen LogP contribution is -2.39. The zero-order valence-electron chi connectivity index (χ0n) is 8.69. The summed E-state index contributed by atoms with van der Waals surface area (Å²) in [5.74, 6) is 5.09. The molecule has 1 saturated carbocycles. The van der Waals surface area contributed by atoms with E-state index in [9.17, 15) is 4.79 Å². The lowest BCUT2D eigenvalue weighted by Gasteiger charge is -2.11. The highest BCUT2D eigenvalue weighted by atomic mass is 16.3. The highest BCUT2D eigenvalue weighted by molar-refractivity contribution is 5.96. The van der Waals surface area contributed by atoms with Gasteiger partial charge in [0, 0.05) is 10.9 Å². The molecule has 4 heteroatoms. The average molecular weight is 216 g/mol. The maximum atomic E-state index is 11.8. The van der Waals surface area contributed by atoms with Gasteiger partial charge in [0.15, 0.2) is 0 Å². The molecule has 0 radical (unpaired) electrons. The van der Waals surface area contributed by atoms with Crippen molar-refractivity contribution in [3.05, 3.63) is 36.1 Å². The van der Waals surface area contributed by atoms with Gasteiger partial charge in [0.05, 0.1) is 11.7 Å². The fraction of sp³-hybridized carbons (Fsp3) is 0.250. The molecule has 0 aliphatic heterocycles. The minimum absolute atomic E-state index is 0.126. The SMILES string of the molecule is NNC(=O)C1(c2coc3ccccc23)CC1. The molecule has 1 aliphatic carbocycles. The van der Waals surface area contributed by atoms with Gasteiger partial charge in [0.2, 0.25) is 5.91 Å². The summed E-state index contributed by atoms with van der Waals surface area (Å²) in [5.41, 5.74) is 3.55. The Bertz CT molecular complexity index is 555. The molecule has 1 aliphatic rings. The Balaban J connectivity index is 2.16. The van der Waals surface area contributed by atoms with Crippen LogP contribution in [0.15, 0.2) is 34.9 Å². The second kappa shape index (κ2) is 3.09. The summed E-state index contributed by atoms with van der Waals surface area (Å²) < 4.78 is 5.45. The van der Waals surface area contributed by atoms with E-state index in [1.54, 1.807) is 6.26 Å². The highest BCUT2D eigenvalue weighted by Crippen LogP contribution is 2.50. The van der Waals surface area contributed by atoms with E-state index in [1.807, 2.05) is 24.3 Å². The number of carbonyl (C=O) groups excluding carboxylic acids is 1. The van der Waals surface area contributed by atoms with Gasteiger partial charge in [0.25, 0.3) is 0 Å². The fourth-order valence-corrected chi connectivity index (χ4v) is 2.23. The first-order chi connectivity index (χ1) is 7.78. The number of para-hydroxylation sites is 1. The Morgan fingerprint density at radius 1 is 1.38 bits per heavy atom.